The molecule has 0 radical (unpaired) electrons. The summed E-state index contributed by atoms with van der Waals surface area (Å²) < 4.78 is 0. The van der Waals surface area contributed by atoms with Crippen molar-refractivity contribution in [2.75, 3.05) is 7.05 Å². The van der Waals surface area contributed by atoms with Gasteiger partial charge in [-0.05, 0) is 58.5 Å². The van der Waals surface area contributed by atoms with Crippen LogP contribution in [0.1, 0.15) is 110 Å². The quantitative estimate of drug-likeness (QED) is 0.255. The minimum absolute atomic E-state index is 0.0113. The zero-order valence-electron chi connectivity index (χ0n) is 28.1. The number of nitrogens with zero attached hydrogens (tertiary/aromatic N) is 3. The van der Waals surface area contributed by atoms with Crippen LogP contribution in [0.4, 0.5) is 0 Å². The Morgan fingerprint density at radius 2 is 1.63 bits per heavy atom. The molecule has 1 amide bonds. The van der Waals surface area contributed by atoms with E-state index in [0.717, 1.165) is 47.9 Å². The molecule has 2 aromatic rings. The fourth-order valence-electron chi connectivity index (χ4n) is 6.06. The van der Waals surface area contributed by atoms with E-state index in [1.807, 2.05) is 48.5 Å². The molecule has 1 aliphatic rings. The lowest BCUT2D eigenvalue weighted by Crippen LogP contribution is -2.63. The summed E-state index contributed by atoms with van der Waals surface area (Å²) in [5, 5.41) is 11.6. The Morgan fingerprint density at radius 1 is 1.02 bits per heavy atom. The molecule has 7 heteroatoms. The van der Waals surface area contributed by atoms with Gasteiger partial charge in [0, 0.05) is 30.9 Å². The van der Waals surface area contributed by atoms with Crippen molar-refractivity contribution in [2.24, 2.45) is 16.1 Å². The number of carbonyl (C=O) groups is 1. The lowest BCUT2D eigenvalue weighted by atomic mass is 9.79. The molecule has 0 spiro atoms. The van der Waals surface area contributed by atoms with Crippen molar-refractivity contribution in [2.45, 2.75) is 123 Å². The number of rotatable bonds is 7. The SMILES string of the molecule is CN(Cc1ccccc1)C(=O)[C@@H](N(C(N)=S)[C@@H]1CCCC[C@H]1N=Cc1cc(C(C)(C)C)cc(C(C)(C)C)c1O)C(C)(C)C. The highest BCUT2D eigenvalue weighted by molar-refractivity contribution is 7.80. The molecule has 2 aromatic carbocycles. The maximum atomic E-state index is 14.2. The van der Waals surface area contributed by atoms with Crippen LogP contribution in [0.15, 0.2) is 47.5 Å². The molecule has 3 rings (SSSR count). The summed E-state index contributed by atoms with van der Waals surface area (Å²) in [6, 6.07) is 13.4. The van der Waals surface area contributed by atoms with Crippen LogP contribution in [0.2, 0.25) is 0 Å². The van der Waals surface area contributed by atoms with Crippen LogP contribution in [0.25, 0.3) is 0 Å². The molecule has 1 fully saturated rings. The molecule has 0 aromatic heterocycles. The van der Waals surface area contributed by atoms with Gasteiger partial charge < -0.3 is 20.6 Å². The highest BCUT2D eigenvalue weighted by Crippen LogP contribution is 2.38. The Balaban J connectivity index is 2.02. The molecule has 3 atom stereocenters. The van der Waals surface area contributed by atoms with Crippen LogP contribution < -0.4 is 5.73 Å². The average Bonchev–Trinajstić information content (AvgIpc) is 2.89. The minimum Gasteiger partial charge on any atom is -0.507 e. The first-order chi connectivity index (χ1) is 19.8. The van der Waals surface area contributed by atoms with E-state index in [9.17, 15) is 9.90 Å². The third-order valence-corrected chi connectivity index (χ3v) is 8.71. The van der Waals surface area contributed by atoms with Gasteiger partial charge in [-0.1, -0.05) is 112 Å². The Hall–Kier alpha value is -2.93. The normalized spacial score (nSPS) is 18.8. The summed E-state index contributed by atoms with van der Waals surface area (Å²) in [4.78, 5) is 23.0. The molecule has 0 saturated heterocycles. The van der Waals surface area contributed by atoms with Gasteiger partial charge in [0.05, 0.1) is 12.1 Å². The van der Waals surface area contributed by atoms with Crippen LogP contribution >= 0.6 is 12.2 Å². The van der Waals surface area contributed by atoms with Gasteiger partial charge in [0.2, 0.25) is 5.91 Å². The number of amides is 1. The van der Waals surface area contributed by atoms with E-state index in [0.29, 0.717) is 6.54 Å². The maximum absolute atomic E-state index is 14.2. The number of aromatic hydroxyl groups is 1. The van der Waals surface area contributed by atoms with E-state index < -0.39 is 11.5 Å². The summed E-state index contributed by atoms with van der Waals surface area (Å²) in [5.41, 5.74) is 9.58. The van der Waals surface area contributed by atoms with E-state index in [1.165, 1.54) is 0 Å². The van der Waals surface area contributed by atoms with Crippen molar-refractivity contribution in [1.29, 1.82) is 0 Å². The van der Waals surface area contributed by atoms with Gasteiger partial charge in [-0.15, -0.1) is 0 Å². The number of benzene rings is 2. The maximum Gasteiger partial charge on any atom is 0.245 e. The van der Waals surface area contributed by atoms with Crippen LogP contribution in [0, 0.1) is 5.41 Å². The zero-order valence-corrected chi connectivity index (χ0v) is 28.9. The fraction of sp³-hybridized carbons (Fsp3) is 0.583. The highest BCUT2D eigenvalue weighted by atomic mass is 32.1. The van der Waals surface area contributed by atoms with Crippen molar-refractivity contribution in [1.82, 2.24) is 9.80 Å². The van der Waals surface area contributed by atoms with E-state index >= 15 is 0 Å². The van der Waals surface area contributed by atoms with E-state index in [1.54, 1.807) is 4.90 Å². The van der Waals surface area contributed by atoms with Crippen LogP contribution in [-0.4, -0.2) is 57.3 Å². The van der Waals surface area contributed by atoms with Crippen molar-refractivity contribution >= 4 is 29.5 Å². The number of likely N-dealkylation sites (N-methyl/N-ethyl adjacent to an activating group) is 1. The minimum atomic E-state index is -0.551. The molecular weight excluding hydrogens is 552 g/mol. The summed E-state index contributed by atoms with van der Waals surface area (Å²) >= 11 is 5.69. The van der Waals surface area contributed by atoms with Crippen LogP contribution in [0.3, 0.4) is 0 Å². The Morgan fingerprint density at radius 3 is 2.16 bits per heavy atom. The molecule has 236 valence electrons. The largest absolute Gasteiger partial charge is 0.507 e. The fourth-order valence-corrected chi connectivity index (χ4v) is 6.30. The number of hydrogen-bond acceptors (Lipinski definition) is 4. The summed E-state index contributed by atoms with van der Waals surface area (Å²) in [7, 11) is 1.85. The topological polar surface area (TPSA) is 82.2 Å². The molecule has 6 nitrogen and oxygen atoms in total. The first-order valence-corrected chi connectivity index (χ1v) is 16.0. The number of phenolic OH excluding ortho intramolecular Hbond substituents is 1. The zero-order chi connectivity index (χ0) is 32.3. The third kappa shape index (κ3) is 8.59. The third-order valence-electron chi connectivity index (χ3n) is 8.50. The molecule has 3 N–H and O–H groups in total. The van der Waals surface area contributed by atoms with Gasteiger partial charge in [-0.25, -0.2) is 0 Å². The van der Waals surface area contributed by atoms with E-state index in [2.05, 4.69) is 74.4 Å². The second-order valence-electron chi connectivity index (χ2n) is 15.4. The molecule has 1 saturated carbocycles. The lowest BCUT2D eigenvalue weighted by molar-refractivity contribution is -0.139. The van der Waals surface area contributed by atoms with Gasteiger partial charge >= 0.3 is 0 Å². The van der Waals surface area contributed by atoms with Gasteiger partial charge in [-0.2, -0.15) is 0 Å². The average molecular weight is 607 g/mol. The number of thiocarbonyl (C=S) groups is 1. The van der Waals surface area contributed by atoms with E-state index in [-0.39, 0.29) is 39.7 Å². The second kappa shape index (κ2) is 13.4. The van der Waals surface area contributed by atoms with Crippen molar-refractivity contribution in [3.05, 3.63) is 64.7 Å². The number of carbonyl (C=O) groups excluding carboxylic acids is 1. The summed E-state index contributed by atoms with van der Waals surface area (Å²) in [6.07, 6.45) is 5.57. The predicted octanol–water partition coefficient (Wildman–Crippen LogP) is 7.34. The molecule has 0 bridgehead atoms. The first kappa shape index (κ1) is 34.6. The van der Waals surface area contributed by atoms with Crippen molar-refractivity contribution in [3.8, 4) is 5.75 Å². The number of phenols is 1. The molecule has 0 aliphatic heterocycles. The van der Waals surface area contributed by atoms with Crippen molar-refractivity contribution in [3.63, 3.8) is 0 Å². The highest BCUT2D eigenvalue weighted by Gasteiger charge is 2.44. The molecule has 1 aliphatic carbocycles. The molecule has 43 heavy (non-hydrogen) atoms. The van der Waals surface area contributed by atoms with Gasteiger partial charge in [0.25, 0.3) is 0 Å². The standard InChI is InChI=1S/C36H54N4O2S/c1-34(2,3)26-20-25(30(41)27(21-26)35(4,5)6)22-38-28-18-14-15-19-29(28)40(33(37)43)31(36(7,8)9)32(42)39(10)23-24-16-12-11-13-17-24/h11-13,16-17,20-22,28-29,31,41H,14-15,18-19,23H2,1-10H3,(H2,37,43)/t28-,29-,31-/m1/s1. The monoisotopic (exact) mass is 606 g/mol. The second-order valence-corrected chi connectivity index (χ2v) is 15.8. The van der Waals surface area contributed by atoms with Crippen molar-refractivity contribution < 1.29 is 9.90 Å². The van der Waals surface area contributed by atoms with Gasteiger partial charge in [0.1, 0.15) is 11.8 Å². The van der Waals surface area contributed by atoms with Gasteiger partial charge in [0.15, 0.2) is 5.11 Å². The van der Waals surface area contributed by atoms with Crippen LogP contribution in [0.5, 0.6) is 5.75 Å². The molecular formula is C36H54N4O2S. The predicted molar refractivity (Wildman–Crippen MR) is 184 cm³/mol. The molecule has 0 heterocycles. The Labute approximate surface area is 265 Å². The first-order valence-electron chi connectivity index (χ1n) is 15.6. The number of nitrogens with two attached hydrogens (primary N) is 1. The Kier molecular flexibility index (Phi) is 10.7. The Bertz CT molecular complexity index is 1300. The lowest BCUT2D eigenvalue weighted by Gasteiger charge is -2.47. The van der Waals surface area contributed by atoms with Gasteiger partial charge in [-0.3, -0.25) is 9.79 Å². The van der Waals surface area contributed by atoms with E-state index in [4.69, 9.17) is 22.9 Å². The smallest absolute Gasteiger partial charge is 0.245 e. The summed E-state index contributed by atoms with van der Waals surface area (Å²) in [5.74, 6) is 0.260. The van der Waals surface area contributed by atoms with Crippen LogP contribution in [-0.2, 0) is 22.2 Å². The summed E-state index contributed by atoms with van der Waals surface area (Å²) in [6.45, 7) is 19.6. The number of hydrogen-bond donors (Lipinski definition) is 2. The molecule has 0 unspecified atom stereocenters. The number of aliphatic imine (C=N–C) groups is 1.